The van der Waals surface area contributed by atoms with Crippen molar-refractivity contribution < 1.29 is 15.7 Å². The molecule has 0 radical (unpaired) electrons. The average Bonchev–Trinajstić information content (AvgIpc) is 2.36. The van der Waals surface area contributed by atoms with Gasteiger partial charge in [-0.15, -0.1) is 0 Å². The molecular weight excluding hydrogens is 371 g/mol. The van der Waals surface area contributed by atoms with Crippen molar-refractivity contribution in [3.05, 3.63) is 33.4 Å². The summed E-state index contributed by atoms with van der Waals surface area (Å²) in [6.07, 6.45) is 0.273. The Morgan fingerprint density at radius 2 is 1.65 bits per heavy atom. The van der Waals surface area contributed by atoms with Crippen LogP contribution < -0.4 is 0 Å². The number of hydrogen-bond acceptors (Lipinski definition) is 4. The topological polar surface area (TPSA) is 52.6 Å². The van der Waals surface area contributed by atoms with Crippen LogP contribution in [0.1, 0.15) is 46.6 Å². The normalized spacial score (nSPS) is 11.8. The van der Waals surface area contributed by atoms with Crippen LogP contribution in [0.15, 0.2) is 24.3 Å². The SMILES string of the molecule is CCC(=O)OI(OC(C)=O)c1ccc(C(C)(C)C)cc1. The Morgan fingerprint density at radius 1 is 1.10 bits per heavy atom. The zero-order valence-electron chi connectivity index (χ0n) is 12.5. The summed E-state index contributed by atoms with van der Waals surface area (Å²) in [6, 6.07) is 7.75. The molecule has 0 bridgehead atoms. The molecule has 0 saturated heterocycles. The van der Waals surface area contributed by atoms with Crippen molar-refractivity contribution in [3.63, 3.8) is 0 Å². The molecular formula is C15H21IO4. The molecule has 0 N–H and O–H groups in total. The van der Waals surface area contributed by atoms with Crippen LogP contribution in [0.4, 0.5) is 0 Å². The van der Waals surface area contributed by atoms with E-state index >= 15 is 0 Å². The maximum atomic E-state index is 11.4. The van der Waals surface area contributed by atoms with E-state index < -0.39 is 26.6 Å². The van der Waals surface area contributed by atoms with E-state index in [-0.39, 0.29) is 17.8 Å². The van der Waals surface area contributed by atoms with Crippen molar-refractivity contribution in [2.45, 2.75) is 46.5 Å². The Kier molecular flexibility index (Phi) is 5.98. The van der Waals surface area contributed by atoms with Gasteiger partial charge in [-0.25, -0.2) is 0 Å². The molecule has 1 aromatic rings. The first-order valence-electron chi connectivity index (χ1n) is 6.45. The van der Waals surface area contributed by atoms with Crippen molar-refractivity contribution in [2.75, 3.05) is 0 Å². The molecule has 0 aliphatic carbocycles. The number of hydrogen-bond donors (Lipinski definition) is 0. The minimum absolute atomic E-state index is 0.0547. The summed E-state index contributed by atoms with van der Waals surface area (Å²) < 4.78 is 11.3. The minimum atomic E-state index is -2.69. The summed E-state index contributed by atoms with van der Waals surface area (Å²) in [5, 5.41) is 0. The van der Waals surface area contributed by atoms with Crippen LogP contribution in [0, 0.1) is 3.57 Å². The van der Waals surface area contributed by atoms with Gasteiger partial charge in [-0.1, -0.05) is 0 Å². The number of benzene rings is 1. The third kappa shape index (κ3) is 5.11. The molecule has 0 fully saturated rings. The Labute approximate surface area is 128 Å². The van der Waals surface area contributed by atoms with Crippen LogP contribution >= 0.6 is 20.6 Å². The first kappa shape index (κ1) is 16.9. The van der Waals surface area contributed by atoms with Gasteiger partial charge in [0.2, 0.25) is 0 Å². The summed E-state index contributed by atoms with van der Waals surface area (Å²) in [7, 11) is 0. The van der Waals surface area contributed by atoms with E-state index in [0.29, 0.717) is 0 Å². The van der Waals surface area contributed by atoms with Gasteiger partial charge >= 0.3 is 128 Å². The van der Waals surface area contributed by atoms with Gasteiger partial charge in [-0.2, -0.15) is 0 Å². The van der Waals surface area contributed by atoms with E-state index in [2.05, 4.69) is 20.8 Å². The van der Waals surface area contributed by atoms with Crippen molar-refractivity contribution in [3.8, 4) is 0 Å². The Morgan fingerprint density at radius 3 is 2.05 bits per heavy atom. The molecule has 1 aromatic carbocycles. The van der Waals surface area contributed by atoms with Crippen molar-refractivity contribution in [1.29, 1.82) is 0 Å². The molecule has 1 rings (SSSR count). The molecule has 112 valence electrons. The van der Waals surface area contributed by atoms with E-state index in [1.54, 1.807) is 6.92 Å². The summed E-state index contributed by atoms with van der Waals surface area (Å²) in [4.78, 5) is 22.6. The second-order valence-corrected chi connectivity index (χ2v) is 8.71. The van der Waals surface area contributed by atoms with E-state index in [1.807, 2.05) is 24.3 Å². The molecule has 0 unspecified atom stereocenters. The monoisotopic (exact) mass is 392 g/mol. The summed E-state index contributed by atoms with van der Waals surface area (Å²) in [6.45, 7) is 9.42. The second-order valence-electron chi connectivity index (χ2n) is 5.35. The van der Waals surface area contributed by atoms with Crippen LogP contribution in [0.2, 0.25) is 0 Å². The third-order valence-corrected chi connectivity index (χ3v) is 6.16. The van der Waals surface area contributed by atoms with E-state index in [0.717, 1.165) is 3.57 Å². The van der Waals surface area contributed by atoms with E-state index in [4.69, 9.17) is 6.13 Å². The van der Waals surface area contributed by atoms with Gasteiger partial charge in [0, 0.05) is 0 Å². The fraction of sp³-hybridized carbons (Fsp3) is 0.467. The fourth-order valence-electron chi connectivity index (χ4n) is 1.39. The van der Waals surface area contributed by atoms with Gasteiger partial charge in [0.1, 0.15) is 0 Å². The van der Waals surface area contributed by atoms with Crippen molar-refractivity contribution in [1.82, 2.24) is 0 Å². The zero-order valence-corrected chi connectivity index (χ0v) is 14.7. The Hall–Kier alpha value is -1.11. The zero-order chi connectivity index (χ0) is 15.3. The number of rotatable bonds is 4. The Bertz CT molecular complexity index is 474. The fourth-order valence-corrected chi connectivity index (χ4v) is 4.26. The molecule has 0 heterocycles. The molecule has 0 spiro atoms. The quantitative estimate of drug-likeness (QED) is 0.727. The molecule has 4 nitrogen and oxygen atoms in total. The molecule has 0 aliphatic rings. The van der Waals surface area contributed by atoms with Crippen molar-refractivity contribution >= 4 is 32.6 Å². The van der Waals surface area contributed by atoms with Crippen LogP contribution in [0.25, 0.3) is 0 Å². The average molecular weight is 392 g/mol. The number of carbonyl (C=O) groups excluding carboxylic acids is 2. The first-order valence-corrected chi connectivity index (χ1v) is 9.29. The van der Waals surface area contributed by atoms with Crippen LogP contribution in [0.5, 0.6) is 0 Å². The van der Waals surface area contributed by atoms with E-state index in [9.17, 15) is 9.59 Å². The van der Waals surface area contributed by atoms with Gasteiger partial charge in [0.25, 0.3) is 0 Å². The molecule has 0 atom stereocenters. The van der Waals surface area contributed by atoms with E-state index in [1.165, 1.54) is 12.5 Å². The predicted octanol–water partition coefficient (Wildman–Crippen LogP) is 4.01. The number of halogens is 1. The summed E-state index contributed by atoms with van der Waals surface area (Å²) in [5.41, 5.74) is 1.24. The standard InChI is InChI=1S/C15H21IO4/c1-6-14(18)20-16(19-11(2)17)13-9-7-12(8-10-13)15(3,4)5/h7-10H,6H2,1-5H3. The summed E-state index contributed by atoms with van der Waals surface area (Å²) in [5.74, 6) is -0.754. The first-order chi connectivity index (χ1) is 9.24. The molecule has 5 heteroatoms. The maximum absolute atomic E-state index is 11.4. The molecule has 0 saturated carbocycles. The third-order valence-electron chi connectivity index (χ3n) is 2.51. The van der Waals surface area contributed by atoms with Gasteiger partial charge < -0.3 is 0 Å². The Balaban J connectivity index is 2.96. The van der Waals surface area contributed by atoms with Crippen molar-refractivity contribution in [2.24, 2.45) is 0 Å². The molecule has 20 heavy (non-hydrogen) atoms. The number of carbonyl (C=O) groups is 2. The molecule has 0 amide bonds. The van der Waals surface area contributed by atoms with Crippen LogP contribution in [-0.4, -0.2) is 11.9 Å². The molecule has 0 aromatic heterocycles. The predicted molar refractivity (Wildman–Crippen MR) is 86.0 cm³/mol. The summed E-state index contributed by atoms with van der Waals surface area (Å²) >= 11 is -2.69. The molecule has 0 aliphatic heterocycles. The van der Waals surface area contributed by atoms with Gasteiger partial charge in [-0.05, 0) is 0 Å². The van der Waals surface area contributed by atoms with Gasteiger partial charge in [0.15, 0.2) is 0 Å². The van der Waals surface area contributed by atoms with Crippen LogP contribution in [0.3, 0.4) is 0 Å². The second kappa shape index (κ2) is 7.06. The van der Waals surface area contributed by atoms with Gasteiger partial charge in [-0.3, -0.25) is 0 Å². The van der Waals surface area contributed by atoms with Gasteiger partial charge in [0.05, 0.1) is 0 Å². The van der Waals surface area contributed by atoms with Crippen LogP contribution in [-0.2, 0) is 21.1 Å².